The highest BCUT2D eigenvalue weighted by Crippen LogP contribution is 2.11. The van der Waals surface area contributed by atoms with Crippen LogP contribution >= 0.6 is 0 Å². The zero-order valence-electron chi connectivity index (χ0n) is 5.58. The maximum Gasteiger partial charge on any atom is 0.381 e. The number of anilines is 1. The number of hydrogen-bond donors (Lipinski definition) is 1. The molecule has 0 spiro atoms. The first kappa shape index (κ1) is 7.53. The zero-order chi connectivity index (χ0) is 8.27. The van der Waals surface area contributed by atoms with Gasteiger partial charge < -0.3 is 5.73 Å². The highest BCUT2D eigenvalue weighted by molar-refractivity contribution is 5.94. The van der Waals surface area contributed by atoms with Gasteiger partial charge in [-0.05, 0) is 12.1 Å². The molecule has 0 bridgehead atoms. The van der Waals surface area contributed by atoms with E-state index in [4.69, 9.17) is 5.73 Å². The van der Waals surface area contributed by atoms with E-state index in [9.17, 15) is 9.32 Å². The fraction of sp³-hybridized carbons (Fsp3) is 0. The Bertz CT molecular complexity index is 275. The summed E-state index contributed by atoms with van der Waals surface area (Å²) in [6.07, 6.45) is 0. The van der Waals surface area contributed by atoms with Crippen molar-refractivity contribution in [3.63, 3.8) is 0 Å². The molecule has 0 aliphatic heterocycles. The average Bonchev–Trinajstić information content (AvgIpc) is 2.04. The van der Waals surface area contributed by atoms with Crippen LogP contribution in [0.25, 0.3) is 0 Å². The van der Waals surface area contributed by atoms with Gasteiger partial charge in [0.15, 0.2) is 0 Å². The molecule has 11 heavy (non-hydrogen) atoms. The number of carbonyl (C=O) groups excluding carboxylic acids is 1. The Morgan fingerprint density at radius 3 is 2.64 bits per heavy atom. The van der Waals surface area contributed by atoms with Crippen molar-refractivity contribution >= 4 is 11.7 Å². The molecule has 0 unspecified atom stereocenters. The minimum absolute atomic E-state index is 0.0370. The van der Waals surface area contributed by atoms with E-state index in [2.05, 4.69) is 4.94 Å². The SMILES string of the molecule is Nc1ccccc1C(=O)OF. The van der Waals surface area contributed by atoms with Crippen molar-refractivity contribution in [1.82, 2.24) is 0 Å². The normalized spacial score (nSPS) is 9.18. The monoisotopic (exact) mass is 155 g/mol. The Balaban J connectivity index is 3.03. The van der Waals surface area contributed by atoms with Crippen molar-refractivity contribution < 1.29 is 14.3 Å². The third kappa shape index (κ3) is 1.46. The molecule has 2 N–H and O–H groups in total. The van der Waals surface area contributed by atoms with Crippen molar-refractivity contribution in [2.24, 2.45) is 0 Å². The highest BCUT2D eigenvalue weighted by Gasteiger charge is 2.09. The number of nitrogens with two attached hydrogens (primary N) is 1. The molecular weight excluding hydrogens is 149 g/mol. The summed E-state index contributed by atoms with van der Waals surface area (Å²) in [5, 5.41) is 0. The van der Waals surface area contributed by atoms with Gasteiger partial charge in [-0.2, -0.15) is 0 Å². The van der Waals surface area contributed by atoms with E-state index >= 15 is 0 Å². The molecule has 0 saturated heterocycles. The molecule has 0 aliphatic rings. The van der Waals surface area contributed by atoms with Crippen molar-refractivity contribution in [2.45, 2.75) is 0 Å². The number of benzene rings is 1. The molecule has 0 fully saturated rings. The standard InChI is InChI=1S/C7H6FNO2/c8-11-7(10)5-3-1-2-4-6(5)9/h1-4H,9H2. The van der Waals surface area contributed by atoms with Crippen LogP contribution in [0.1, 0.15) is 10.4 Å². The number of nitrogen functional groups attached to an aromatic ring is 1. The van der Waals surface area contributed by atoms with E-state index in [1.54, 1.807) is 12.1 Å². The molecule has 3 nitrogen and oxygen atoms in total. The van der Waals surface area contributed by atoms with Gasteiger partial charge in [0.1, 0.15) is 0 Å². The fourth-order valence-electron chi connectivity index (χ4n) is 0.724. The molecule has 4 heteroatoms. The van der Waals surface area contributed by atoms with Crippen LogP contribution in [0.2, 0.25) is 0 Å². The van der Waals surface area contributed by atoms with Gasteiger partial charge in [0.05, 0.1) is 5.56 Å². The van der Waals surface area contributed by atoms with Crippen molar-refractivity contribution in [2.75, 3.05) is 5.73 Å². The second-order valence-electron chi connectivity index (χ2n) is 1.95. The number of hydrogen-bond acceptors (Lipinski definition) is 3. The Morgan fingerprint density at radius 1 is 1.45 bits per heavy atom. The number of carbonyl (C=O) groups is 1. The van der Waals surface area contributed by atoms with E-state index in [0.29, 0.717) is 0 Å². The fourth-order valence-corrected chi connectivity index (χ4v) is 0.724. The van der Waals surface area contributed by atoms with Gasteiger partial charge in [-0.15, -0.1) is 0 Å². The molecule has 58 valence electrons. The van der Waals surface area contributed by atoms with E-state index in [1.807, 2.05) is 0 Å². The molecule has 0 aliphatic carbocycles. The van der Waals surface area contributed by atoms with Crippen LogP contribution in [0.15, 0.2) is 24.3 Å². The van der Waals surface area contributed by atoms with Gasteiger partial charge in [-0.25, -0.2) is 9.74 Å². The Kier molecular flexibility index (Phi) is 2.06. The molecule has 0 heterocycles. The topological polar surface area (TPSA) is 52.3 Å². The lowest BCUT2D eigenvalue weighted by Gasteiger charge is -1.97. The molecule has 1 aromatic rings. The molecule has 1 rings (SSSR count). The summed E-state index contributed by atoms with van der Waals surface area (Å²) in [6, 6.07) is 6.09. The zero-order valence-corrected chi connectivity index (χ0v) is 5.58. The first-order chi connectivity index (χ1) is 5.25. The molecule has 0 amide bonds. The molecule has 1 aromatic carbocycles. The lowest BCUT2D eigenvalue weighted by molar-refractivity contribution is -0.0787. The third-order valence-corrected chi connectivity index (χ3v) is 1.25. The minimum atomic E-state index is -1.07. The summed E-state index contributed by atoms with van der Waals surface area (Å²) in [6.45, 7) is 0. The highest BCUT2D eigenvalue weighted by atomic mass is 19.3. The van der Waals surface area contributed by atoms with Crippen LogP contribution < -0.4 is 5.73 Å². The summed E-state index contributed by atoms with van der Waals surface area (Å²) < 4.78 is 11.3. The predicted molar refractivity (Wildman–Crippen MR) is 37.4 cm³/mol. The van der Waals surface area contributed by atoms with Gasteiger partial charge in [0.2, 0.25) is 0 Å². The molecule has 0 aromatic heterocycles. The first-order valence-electron chi connectivity index (χ1n) is 2.93. The molecular formula is C7H6FNO2. The summed E-state index contributed by atoms with van der Waals surface area (Å²) in [7, 11) is 0. The molecule has 0 atom stereocenters. The summed E-state index contributed by atoms with van der Waals surface area (Å²) in [4.78, 5) is 13.6. The number of para-hydroxylation sites is 1. The lowest BCUT2D eigenvalue weighted by Crippen LogP contribution is -2.02. The Labute approximate surface area is 62.5 Å². The Hall–Kier alpha value is -1.58. The summed E-state index contributed by atoms with van der Waals surface area (Å²) in [5.41, 5.74) is 5.57. The lowest BCUT2D eigenvalue weighted by atomic mass is 10.2. The largest absolute Gasteiger partial charge is 0.398 e. The third-order valence-electron chi connectivity index (χ3n) is 1.25. The van der Waals surface area contributed by atoms with E-state index in [1.165, 1.54) is 12.1 Å². The first-order valence-corrected chi connectivity index (χ1v) is 2.93. The van der Waals surface area contributed by atoms with Crippen LogP contribution in [0, 0.1) is 0 Å². The quantitative estimate of drug-likeness (QED) is 0.622. The van der Waals surface area contributed by atoms with Gasteiger partial charge in [-0.3, -0.25) is 0 Å². The second-order valence-corrected chi connectivity index (χ2v) is 1.95. The number of rotatable bonds is 1. The average molecular weight is 155 g/mol. The van der Waals surface area contributed by atoms with Crippen molar-refractivity contribution in [3.8, 4) is 0 Å². The van der Waals surface area contributed by atoms with Gasteiger partial charge in [-0.1, -0.05) is 12.1 Å². The van der Waals surface area contributed by atoms with Gasteiger partial charge >= 0.3 is 5.97 Å². The minimum Gasteiger partial charge on any atom is -0.398 e. The smallest absolute Gasteiger partial charge is 0.381 e. The van der Waals surface area contributed by atoms with E-state index in [-0.39, 0.29) is 11.3 Å². The predicted octanol–water partition coefficient (Wildman–Crippen LogP) is 1.31. The van der Waals surface area contributed by atoms with Crippen LogP contribution in [-0.2, 0) is 4.94 Å². The maximum atomic E-state index is 11.3. The van der Waals surface area contributed by atoms with Crippen molar-refractivity contribution in [3.05, 3.63) is 29.8 Å². The van der Waals surface area contributed by atoms with E-state index < -0.39 is 5.97 Å². The van der Waals surface area contributed by atoms with Crippen LogP contribution in [0.3, 0.4) is 0 Å². The summed E-state index contributed by atoms with van der Waals surface area (Å²) >= 11 is 0. The van der Waals surface area contributed by atoms with Gasteiger partial charge in [0, 0.05) is 10.2 Å². The van der Waals surface area contributed by atoms with Gasteiger partial charge in [0.25, 0.3) is 0 Å². The molecule has 0 saturated carbocycles. The molecule has 0 radical (unpaired) electrons. The van der Waals surface area contributed by atoms with E-state index in [0.717, 1.165) is 0 Å². The van der Waals surface area contributed by atoms with Crippen LogP contribution in [0.5, 0.6) is 0 Å². The summed E-state index contributed by atoms with van der Waals surface area (Å²) in [5.74, 6) is -1.07. The van der Waals surface area contributed by atoms with Crippen LogP contribution in [-0.4, -0.2) is 5.97 Å². The Morgan fingerprint density at radius 2 is 2.09 bits per heavy atom. The number of halogens is 1. The maximum absolute atomic E-state index is 11.3. The van der Waals surface area contributed by atoms with Crippen molar-refractivity contribution in [1.29, 1.82) is 0 Å². The van der Waals surface area contributed by atoms with Crippen LogP contribution in [0.4, 0.5) is 10.2 Å². The second kappa shape index (κ2) is 3.01.